The lowest BCUT2D eigenvalue weighted by Gasteiger charge is -2.10. The molecule has 8 heteroatoms. The largest absolute Gasteiger partial charge is 0.493 e. The van der Waals surface area contributed by atoms with Crippen molar-refractivity contribution in [3.63, 3.8) is 0 Å². The van der Waals surface area contributed by atoms with Crippen molar-refractivity contribution >= 4 is 22.2 Å². The van der Waals surface area contributed by atoms with Crippen LogP contribution < -0.4 is 14.8 Å². The van der Waals surface area contributed by atoms with Gasteiger partial charge >= 0.3 is 0 Å². The molecule has 0 aliphatic rings. The van der Waals surface area contributed by atoms with Crippen molar-refractivity contribution in [1.29, 1.82) is 0 Å². The fourth-order valence-corrected chi connectivity index (χ4v) is 4.07. The van der Waals surface area contributed by atoms with Gasteiger partial charge < -0.3 is 14.8 Å². The molecule has 0 saturated heterocycles. The van der Waals surface area contributed by atoms with Crippen LogP contribution in [-0.2, 0) is 6.42 Å². The fraction of sp³-hybridized carbons (Fsp3) is 0.227. The average molecular weight is 423 g/mol. The number of aryl methyl sites for hydroxylation is 1. The predicted octanol–water partition coefficient (Wildman–Crippen LogP) is 3.76. The molecule has 0 radical (unpaired) electrons. The second-order valence-corrected chi connectivity index (χ2v) is 7.58. The zero-order valence-corrected chi connectivity index (χ0v) is 17.8. The first-order valence-electron chi connectivity index (χ1n) is 9.50. The van der Waals surface area contributed by atoms with E-state index in [1.807, 2.05) is 28.1 Å². The SMILES string of the molecule is COc1ccc(C(=O)NCCc2csc3nc(-c4ccccc4C)nn23)cc1OC. The molecule has 2 heterocycles. The Bertz CT molecular complexity index is 1200. The van der Waals surface area contributed by atoms with Gasteiger partial charge in [0.25, 0.3) is 5.91 Å². The molecule has 1 amide bonds. The highest BCUT2D eigenvalue weighted by atomic mass is 32.1. The number of benzene rings is 2. The number of thiazole rings is 1. The Morgan fingerprint density at radius 3 is 2.70 bits per heavy atom. The molecule has 0 unspecified atom stereocenters. The number of hydrogen-bond acceptors (Lipinski definition) is 6. The number of nitrogens with one attached hydrogen (secondary N) is 1. The number of fused-ring (bicyclic) bond motifs is 1. The van der Waals surface area contributed by atoms with E-state index in [1.165, 1.54) is 0 Å². The second kappa shape index (κ2) is 8.54. The highest BCUT2D eigenvalue weighted by Crippen LogP contribution is 2.27. The van der Waals surface area contributed by atoms with Crippen LogP contribution in [0.1, 0.15) is 21.6 Å². The highest BCUT2D eigenvalue weighted by molar-refractivity contribution is 7.15. The number of hydrogen-bond donors (Lipinski definition) is 1. The molecule has 0 aliphatic heterocycles. The van der Waals surface area contributed by atoms with Crippen LogP contribution in [-0.4, -0.2) is 41.3 Å². The molecule has 2 aromatic heterocycles. The molecule has 7 nitrogen and oxygen atoms in total. The van der Waals surface area contributed by atoms with Crippen molar-refractivity contribution in [3.8, 4) is 22.9 Å². The molecule has 0 spiro atoms. The quantitative estimate of drug-likeness (QED) is 0.491. The summed E-state index contributed by atoms with van der Waals surface area (Å²) in [6.45, 7) is 2.54. The number of amides is 1. The molecule has 0 atom stereocenters. The smallest absolute Gasteiger partial charge is 0.251 e. The van der Waals surface area contributed by atoms with Gasteiger partial charge in [0.15, 0.2) is 17.3 Å². The van der Waals surface area contributed by atoms with E-state index in [2.05, 4.69) is 28.4 Å². The van der Waals surface area contributed by atoms with Gasteiger partial charge in [0, 0.05) is 29.5 Å². The van der Waals surface area contributed by atoms with Gasteiger partial charge in [-0.3, -0.25) is 4.79 Å². The molecule has 0 fully saturated rings. The Balaban J connectivity index is 1.44. The van der Waals surface area contributed by atoms with Crippen molar-refractivity contribution in [2.75, 3.05) is 20.8 Å². The van der Waals surface area contributed by atoms with Gasteiger partial charge in [-0.25, -0.2) is 4.52 Å². The second-order valence-electron chi connectivity index (χ2n) is 6.75. The van der Waals surface area contributed by atoms with Gasteiger partial charge in [-0.2, -0.15) is 4.98 Å². The summed E-state index contributed by atoms with van der Waals surface area (Å²) in [7, 11) is 3.11. The Hall–Kier alpha value is -3.39. The van der Waals surface area contributed by atoms with E-state index >= 15 is 0 Å². The minimum Gasteiger partial charge on any atom is -0.493 e. The Morgan fingerprint density at radius 1 is 1.13 bits per heavy atom. The van der Waals surface area contributed by atoms with Crippen LogP contribution in [0.5, 0.6) is 11.5 Å². The van der Waals surface area contributed by atoms with E-state index < -0.39 is 0 Å². The van der Waals surface area contributed by atoms with E-state index in [0.29, 0.717) is 30.0 Å². The van der Waals surface area contributed by atoms with Gasteiger partial charge in [0.1, 0.15) is 0 Å². The Morgan fingerprint density at radius 2 is 1.93 bits per heavy atom. The van der Waals surface area contributed by atoms with Crippen LogP contribution >= 0.6 is 11.3 Å². The summed E-state index contributed by atoms with van der Waals surface area (Å²) < 4.78 is 12.3. The number of carbonyl (C=O) groups excluding carboxylic acids is 1. The lowest BCUT2D eigenvalue weighted by atomic mass is 10.1. The van der Waals surface area contributed by atoms with Crippen LogP contribution in [0.3, 0.4) is 0 Å². The number of ether oxygens (including phenoxy) is 2. The third kappa shape index (κ3) is 3.86. The number of aromatic nitrogens is 3. The minimum atomic E-state index is -0.165. The average Bonchev–Trinajstić information content (AvgIpc) is 3.35. The third-order valence-electron chi connectivity index (χ3n) is 4.85. The van der Waals surface area contributed by atoms with E-state index in [-0.39, 0.29) is 5.91 Å². The van der Waals surface area contributed by atoms with E-state index in [4.69, 9.17) is 9.47 Å². The van der Waals surface area contributed by atoms with Gasteiger partial charge in [0.05, 0.1) is 19.9 Å². The fourth-order valence-electron chi connectivity index (χ4n) is 3.22. The molecule has 0 bridgehead atoms. The number of methoxy groups -OCH3 is 2. The molecule has 0 aliphatic carbocycles. The molecular weight excluding hydrogens is 400 g/mol. The van der Waals surface area contributed by atoms with E-state index in [9.17, 15) is 4.79 Å². The van der Waals surface area contributed by atoms with Crippen LogP contribution in [0.25, 0.3) is 16.3 Å². The summed E-state index contributed by atoms with van der Waals surface area (Å²) in [5, 5.41) is 9.65. The first-order valence-corrected chi connectivity index (χ1v) is 10.4. The predicted molar refractivity (Wildman–Crippen MR) is 117 cm³/mol. The third-order valence-corrected chi connectivity index (χ3v) is 5.71. The van der Waals surface area contributed by atoms with E-state index in [0.717, 1.165) is 27.6 Å². The molecule has 0 saturated carbocycles. The zero-order valence-electron chi connectivity index (χ0n) is 17.0. The van der Waals surface area contributed by atoms with Crippen LogP contribution in [0.2, 0.25) is 0 Å². The molecule has 154 valence electrons. The van der Waals surface area contributed by atoms with Gasteiger partial charge in [-0.05, 0) is 30.7 Å². The maximum absolute atomic E-state index is 12.5. The molecule has 2 aromatic carbocycles. The Labute approximate surface area is 178 Å². The van der Waals surface area contributed by atoms with Crippen molar-refractivity contribution in [2.45, 2.75) is 13.3 Å². The first-order chi connectivity index (χ1) is 14.6. The lowest BCUT2D eigenvalue weighted by Crippen LogP contribution is -2.26. The molecule has 1 N–H and O–H groups in total. The number of carbonyl (C=O) groups is 1. The molecule has 4 rings (SSSR count). The summed E-state index contributed by atoms with van der Waals surface area (Å²) in [6, 6.07) is 13.2. The van der Waals surface area contributed by atoms with E-state index in [1.54, 1.807) is 43.8 Å². The van der Waals surface area contributed by atoms with Crippen molar-refractivity contribution in [1.82, 2.24) is 19.9 Å². The van der Waals surface area contributed by atoms with Gasteiger partial charge in [-0.1, -0.05) is 24.3 Å². The van der Waals surface area contributed by atoms with Crippen molar-refractivity contribution in [3.05, 3.63) is 64.7 Å². The van der Waals surface area contributed by atoms with Gasteiger partial charge in [0.2, 0.25) is 4.96 Å². The molecule has 30 heavy (non-hydrogen) atoms. The first kappa shape index (κ1) is 19.9. The monoisotopic (exact) mass is 422 g/mol. The summed E-state index contributed by atoms with van der Waals surface area (Å²) in [4.78, 5) is 18.0. The van der Waals surface area contributed by atoms with Crippen LogP contribution in [0.15, 0.2) is 47.8 Å². The summed E-state index contributed by atoms with van der Waals surface area (Å²) in [6.07, 6.45) is 0.648. The standard InChI is InChI=1S/C22H22N4O3S/c1-14-6-4-5-7-17(14)20-24-22-26(25-20)16(13-30-22)10-11-23-21(27)15-8-9-18(28-2)19(12-15)29-3/h4-9,12-13H,10-11H2,1-3H3,(H,23,27). The topological polar surface area (TPSA) is 77.8 Å². The van der Waals surface area contributed by atoms with Crippen LogP contribution in [0.4, 0.5) is 0 Å². The summed E-state index contributed by atoms with van der Waals surface area (Å²) in [5.74, 6) is 1.67. The summed E-state index contributed by atoms with van der Waals surface area (Å²) >= 11 is 1.55. The van der Waals surface area contributed by atoms with Crippen LogP contribution in [0, 0.1) is 6.92 Å². The lowest BCUT2D eigenvalue weighted by molar-refractivity contribution is 0.0953. The number of rotatable bonds is 7. The zero-order chi connectivity index (χ0) is 21.1. The molecule has 4 aromatic rings. The minimum absolute atomic E-state index is 0.165. The van der Waals surface area contributed by atoms with Crippen molar-refractivity contribution in [2.24, 2.45) is 0 Å². The summed E-state index contributed by atoms with van der Waals surface area (Å²) in [5.41, 5.74) is 3.70. The maximum atomic E-state index is 12.5. The van der Waals surface area contributed by atoms with Gasteiger partial charge in [-0.15, -0.1) is 16.4 Å². The molecular formula is C22H22N4O3S. The number of nitrogens with zero attached hydrogens (tertiary/aromatic N) is 3. The van der Waals surface area contributed by atoms with Crippen molar-refractivity contribution < 1.29 is 14.3 Å². The highest BCUT2D eigenvalue weighted by Gasteiger charge is 2.14. The maximum Gasteiger partial charge on any atom is 0.251 e. The Kier molecular flexibility index (Phi) is 5.67. The normalized spacial score (nSPS) is 10.9.